The molecule has 0 saturated carbocycles. The molecule has 12 aromatic carbocycles. The Kier molecular flexibility index (Phi) is 7.83. The predicted octanol–water partition coefficient (Wildman–Crippen LogP) is 18.1. The van der Waals surface area contributed by atoms with Crippen LogP contribution in [0.15, 0.2) is 237 Å². The fourth-order valence-electron chi connectivity index (χ4n) is 13.2. The van der Waals surface area contributed by atoms with E-state index in [2.05, 4.69) is 255 Å². The maximum absolute atomic E-state index is 2.59. The van der Waals surface area contributed by atoms with Crippen molar-refractivity contribution >= 4 is 60.2 Å². The van der Waals surface area contributed by atoms with Crippen molar-refractivity contribution in [3.63, 3.8) is 0 Å². The third-order valence-electron chi connectivity index (χ3n) is 16.2. The van der Waals surface area contributed by atoms with Gasteiger partial charge in [0.25, 0.3) is 0 Å². The zero-order valence-corrected chi connectivity index (χ0v) is 38.5. The maximum atomic E-state index is 2.59. The van der Waals surface area contributed by atoms with E-state index in [0.29, 0.717) is 0 Å². The summed E-state index contributed by atoms with van der Waals surface area (Å²) >= 11 is 0. The van der Waals surface area contributed by atoms with Gasteiger partial charge in [-0.15, -0.1) is 0 Å². The Morgan fingerprint density at radius 2 is 0.725 bits per heavy atom. The van der Waals surface area contributed by atoms with E-state index in [1.165, 1.54) is 121 Å². The fourth-order valence-corrected chi connectivity index (χ4v) is 13.2. The molecule has 0 aromatic heterocycles. The first kappa shape index (κ1) is 38.6. The van der Waals surface area contributed by atoms with E-state index >= 15 is 0 Å². The molecule has 1 heteroatoms. The van der Waals surface area contributed by atoms with Crippen molar-refractivity contribution in [2.24, 2.45) is 0 Å². The third-order valence-corrected chi connectivity index (χ3v) is 16.2. The Bertz CT molecular complexity index is 4110. The molecule has 3 aliphatic rings. The highest BCUT2D eigenvalue weighted by molar-refractivity contribution is 6.26. The lowest BCUT2D eigenvalue weighted by molar-refractivity contribution is 0.660. The minimum atomic E-state index is -0.513. The summed E-state index contributed by atoms with van der Waals surface area (Å²) in [7, 11) is 0. The largest absolute Gasteiger partial charge is 0.310 e. The van der Waals surface area contributed by atoms with Crippen LogP contribution in [-0.2, 0) is 10.8 Å². The number of rotatable bonds is 4. The summed E-state index contributed by atoms with van der Waals surface area (Å²) in [6.45, 7) is 4.75. The smallest absolute Gasteiger partial charge is 0.0726 e. The van der Waals surface area contributed by atoms with Gasteiger partial charge in [-0.2, -0.15) is 0 Å². The molecule has 0 saturated heterocycles. The first-order valence-electron chi connectivity index (χ1n) is 24.3. The minimum Gasteiger partial charge on any atom is -0.310 e. The van der Waals surface area contributed by atoms with Gasteiger partial charge in [0.05, 0.1) is 11.1 Å². The van der Waals surface area contributed by atoms with Crippen LogP contribution in [0.4, 0.5) is 17.1 Å². The average Bonchev–Trinajstić information content (AvgIpc) is 3.96. The fraction of sp³-hybridized carbons (Fsp3) is 0.0588. The van der Waals surface area contributed by atoms with Crippen molar-refractivity contribution < 1.29 is 0 Å². The molecule has 0 amide bonds. The van der Waals surface area contributed by atoms with Gasteiger partial charge in [0, 0.05) is 22.4 Å². The van der Waals surface area contributed by atoms with Gasteiger partial charge in [0.2, 0.25) is 0 Å². The van der Waals surface area contributed by atoms with Gasteiger partial charge in [0.1, 0.15) is 0 Å². The van der Waals surface area contributed by atoms with Gasteiger partial charge in [0.15, 0.2) is 0 Å². The molecule has 0 N–H and O–H groups in total. The summed E-state index contributed by atoms with van der Waals surface area (Å²) in [5, 5.41) is 10.0. The minimum absolute atomic E-state index is 0.102. The topological polar surface area (TPSA) is 3.24 Å². The monoisotopic (exact) mass is 875 g/mol. The number of anilines is 3. The second-order valence-electron chi connectivity index (χ2n) is 19.9. The Labute approximate surface area is 402 Å². The Hall–Kier alpha value is -8.52. The summed E-state index contributed by atoms with van der Waals surface area (Å²) in [6, 6.07) is 89.7. The average molecular weight is 876 g/mol. The van der Waals surface area contributed by atoms with E-state index in [-0.39, 0.29) is 5.41 Å². The van der Waals surface area contributed by atoms with Crippen LogP contribution in [0, 0.1) is 0 Å². The van der Waals surface area contributed by atoms with Gasteiger partial charge in [-0.25, -0.2) is 0 Å². The summed E-state index contributed by atoms with van der Waals surface area (Å²) in [5.74, 6) is 0. The Morgan fingerprint density at radius 3 is 1.36 bits per heavy atom. The standard InChI is InChI=1S/C68H45N/c1-67(2)60-27-13-9-25-54(60)58-38-44(32-36-61(58)67)56-40-59-55-26-12-16-30-64(55)68(62-28-14-10-23-52(62)53-24-11-15-29-63(53)68)65(59)41-66(56)69(45-33-31-42-17-3-4-18-43(42)37-45)46-34-35-51-49-21-6-5-19-47(49)48-20-7-8-22-50(48)57(51)39-46/h3-41H,1-2H3. The molecule has 0 heterocycles. The molecule has 0 bridgehead atoms. The van der Waals surface area contributed by atoms with Crippen LogP contribution < -0.4 is 4.90 Å². The van der Waals surface area contributed by atoms with E-state index in [0.717, 1.165) is 17.1 Å². The number of fused-ring (bicyclic) bond motifs is 20. The van der Waals surface area contributed by atoms with E-state index < -0.39 is 5.41 Å². The zero-order valence-electron chi connectivity index (χ0n) is 38.5. The number of hydrogen-bond acceptors (Lipinski definition) is 1. The number of benzene rings is 12. The van der Waals surface area contributed by atoms with Crippen LogP contribution in [0.3, 0.4) is 0 Å². The molecule has 69 heavy (non-hydrogen) atoms. The molecule has 0 unspecified atom stereocenters. The van der Waals surface area contributed by atoms with Crippen LogP contribution >= 0.6 is 0 Å². The second-order valence-corrected chi connectivity index (χ2v) is 19.9. The maximum Gasteiger partial charge on any atom is 0.0726 e. The number of hydrogen-bond donors (Lipinski definition) is 0. The van der Waals surface area contributed by atoms with Crippen LogP contribution in [0.1, 0.15) is 47.2 Å². The molecule has 0 fully saturated rings. The molecular weight excluding hydrogens is 831 g/mol. The van der Waals surface area contributed by atoms with Crippen molar-refractivity contribution in [1.82, 2.24) is 0 Å². The van der Waals surface area contributed by atoms with Crippen molar-refractivity contribution in [2.45, 2.75) is 24.7 Å². The van der Waals surface area contributed by atoms with E-state index in [4.69, 9.17) is 0 Å². The molecule has 0 atom stereocenters. The summed E-state index contributed by atoms with van der Waals surface area (Å²) in [6.07, 6.45) is 0. The highest BCUT2D eigenvalue weighted by Gasteiger charge is 2.52. The van der Waals surface area contributed by atoms with Crippen LogP contribution in [0.5, 0.6) is 0 Å². The third kappa shape index (κ3) is 5.14. The lowest BCUT2D eigenvalue weighted by Crippen LogP contribution is -2.26. The highest BCUT2D eigenvalue weighted by atomic mass is 15.1. The predicted molar refractivity (Wildman–Crippen MR) is 290 cm³/mol. The Balaban J connectivity index is 1.09. The van der Waals surface area contributed by atoms with E-state index in [1.54, 1.807) is 0 Å². The SMILES string of the molecule is CC1(C)c2ccccc2-c2cc(-c3cc4c(cc3N(c3ccc5ccccc5c3)c3ccc5c6ccccc6c6ccccc6c5c3)C3(c5ccccc5-c5ccccc53)c3ccccc3-4)ccc21. The van der Waals surface area contributed by atoms with E-state index in [1.807, 2.05) is 0 Å². The van der Waals surface area contributed by atoms with Crippen molar-refractivity contribution in [1.29, 1.82) is 0 Å². The lowest BCUT2D eigenvalue weighted by atomic mass is 9.70. The van der Waals surface area contributed by atoms with E-state index in [9.17, 15) is 0 Å². The van der Waals surface area contributed by atoms with Gasteiger partial charge < -0.3 is 4.90 Å². The molecule has 1 spiro atoms. The summed E-state index contributed by atoms with van der Waals surface area (Å²) in [5.41, 5.74) is 21.1. The van der Waals surface area contributed by atoms with Crippen molar-refractivity contribution in [3.8, 4) is 44.5 Å². The molecule has 0 radical (unpaired) electrons. The lowest BCUT2D eigenvalue weighted by Gasteiger charge is -2.33. The highest BCUT2D eigenvalue weighted by Crippen LogP contribution is 2.64. The van der Waals surface area contributed by atoms with Gasteiger partial charge in [-0.1, -0.05) is 208 Å². The summed E-state index contributed by atoms with van der Waals surface area (Å²) < 4.78 is 0. The van der Waals surface area contributed by atoms with Crippen LogP contribution in [-0.4, -0.2) is 0 Å². The summed E-state index contributed by atoms with van der Waals surface area (Å²) in [4.78, 5) is 2.57. The van der Waals surface area contributed by atoms with Gasteiger partial charge >= 0.3 is 0 Å². The molecule has 3 aliphatic carbocycles. The first-order valence-corrected chi connectivity index (χ1v) is 24.3. The number of nitrogens with zero attached hydrogens (tertiary/aromatic N) is 1. The zero-order chi connectivity index (χ0) is 45.6. The van der Waals surface area contributed by atoms with Crippen molar-refractivity contribution in [3.05, 3.63) is 270 Å². The van der Waals surface area contributed by atoms with Crippen molar-refractivity contribution in [2.75, 3.05) is 4.90 Å². The molecule has 1 nitrogen and oxygen atoms in total. The molecular formula is C68H45N. The normalized spacial score (nSPS) is 14.2. The van der Waals surface area contributed by atoms with Gasteiger partial charge in [-0.3, -0.25) is 0 Å². The molecule has 15 rings (SSSR count). The quantitative estimate of drug-likeness (QED) is 0.159. The van der Waals surface area contributed by atoms with Gasteiger partial charge in [-0.05, 0) is 158 Å². The second kappa shape index (κ2) is 14.0. The first-order chi connectivity index (χ1) is 34.0. The Morgan fingerprint density at radius 1 is 0.275 bits per heavy atom. The van der Waals surface area contributed by atoms with Crippen LogP contribution in [0.25, 0.3) is 87.6 Å². The molecule has 322 valence electrons. The van der Waals surface area contributed by atoms with Crippen LogP contribution in [0.2, 0.25) is 0 Å². The molecule has 12 aromatic rings. The molecule has 0 aliphatic heterocycles.